The number of aryl methyl sites for hydroxylation is 1. The van der Waals surface area contributed by atoms with Crippen molar-refractivity contribution in [3.8, 4) is 11.3 Å². The van der Waals surface area contributed by atoms with Crippen LogP contribution in [0.1, 0.15) is 85.9 Å². The summed E-state index contributed by atoms with van der Waals surface area (Å²) in [4.78, 5) is 24.0. The molecule has 0 atom stereocenters. The number of allylic oxidation sites excluding steroid dienone is 3. The standard InChI is InChI=1S/C48H45N5.C2H6/c1-6-36(23-17-18-34(4)41-27-26-37(7-2)38(8-3)30-41)42-28-35(29-43(31-42)46-33-50-44-24-15-16-25-45(44)52-46)32-51-48(40-21-13-10-14-22-40)53-47(49-5)39-19-11-9-12-20-39;1-2/h6,8-16,19-22,24-31,33H,3-5,7,17-18,23,32H2,1-2H3;1-2H3/b36-6+,51-48?,53-47?;. The number of benzene rings is 5. The third-order valence-corrected chi connectivity index (χ3v) is 9.37. The third kappa shape index (κ3) is 10.4. The number of nitrogens with zero attached hydrogens (tertiary/aromatic N) is 5. The quantitative estimate of drug-likeness (QED) is 0.0880. The van der Waals surface area contributed by atoms with E-state index in [1.54, 1.807) is 0 Å². The fourth-order valence-electron chi connectivity index (χ4n) is 6.45. The molecule has 0 radical (unpaired) electrons. The maximum Gasteiger partial charge on any atom is 0.161 e. The van der Waals surface area contributed by atoms with Crippen LogP contribution in [0.3, 0.4) is 0 Å². The van der Waals surface area contributed by atoms with E-state index in [0.717, 1.165) is 75.8 Å². The molecule has 0 saturated heterocycles. The number of rotatable bonds is 13. The molecule has 0 N–H and O–H groups in total. The first-order chi connectivity index (χ1) is 27.0. The Morgan fingerprint density at radius 3 is 2.05 bits per heavy atom. The lowest BCUT2D eigenvalue weighted by Crippen LogP contribution is -2.05. The largest absolute Gasteiger partial charge is 0.261 e. The topological polar surface area (TPSA) is 62.9 Å². The Labute approximate surface area is 327 Å². The van der Waals surface area contributed by atoms with Gasteiger partial charge in [-0.2, -0.15) is 0 Å². The molecule has 0 bridgehead atoms. The van der Waals surface area contributed by atoms with Crippen molar-refractivity contribution < 1.29 is 0 Å². The first-order valence-electron chi connectivity index (χ1n) is 19.2. The molecule has 5 aromatic carbocycles. The maximum atomic E-state index is 5.10. The molecule has 1 heterocycles. The van der Waals surface area contributed by atoms with Gasteiger partial charge in [0.15, 0.2) is 11.7 Å². The van der Waals surface area contributed by atoms with Crippen LogP contribution in [-0.2, 0) is 13.0 Å². The molecule has 0 spiro atoms. The van der Waals surface area contributed by atoms with Crippen LogP contribution >= 0.6 is 0 Å². The van der Waals surface area contributed by atoms with Gasteiger partial charge in [0.2, 0.25) is 0 Å². The number of aromatic nitrogens is 2. The fraction of sp³-hybridized carbons (Fsp3) is 0.180. The van der Waals surface area contributed by atoms with Crippen LogP contribution in [0, 0.1) is 0 Å². The lowest BCUT2D eigenvalue weighted by molar-refractivity contribution is 0.891. The summed E-state index contributed by atoms with van der Waals surface area (Å²) in [5.41, 5.74) is 13.6. The zero-order valence-corrected chi connectivity index (χ0v) is 32.7. The minimum atomic E-state index is 0.405. The second kappa shape index (κ2) is 20.2. The maximum absolute atomic E-state index is 5.10. The van der Waals surface area contributed by atoms with Crippen LogP contribution in [0.5, 0.6) is 0 Å². The van der Waals surface area contributed by atoms with Crippen molar-refractivity contribution >= 4 is 46.6 Å². The van der Waals surface area contributed by atoms with Gasteiger partial charge in [-0.15, -0.1) is 0 Å². The summed E-state index contributed by atoms with van der Waals surface area (Å²) >= 11 is 0. The van der Waals surface area contributed by atoms with Gasteiger partial charge in [-0.05, 0) is 115 Å². The highest BCUT2D eigenvalue weighted by Crippen LogP contribution is 2.31. The predicted molar refractivity (Wildman–Crippen MR) is 238 cm³/mol. The van der Waals surface area contributed by atoms with E-state index in [1.165, 1.54) is 22.3 Å². The summed E-state index contributed by atoms with van der Waals surface area (Å²) in [5, 5.41) is 0. The molecule has 276 valence electrons. The van der Waals surface area contributed by atoms with E-state index in [0.29, 0.717) is 18.2 Å². The van der Waals surface area contributed by atoms with E-state index in [9.17, 15) is 0 Å². The summed E-state index contributed by atoms with van der Waals surface area (Å²) < 4.78 is 0. The molecule has 0 unspecified atom stereocenters. The molecule has 0 aliphatic heterocycles. The number of aliphatic imine (C=N–C) groups is 3. The van der Waals surface area contributed by atoms with Crippen molar-refractivity contribution in [2.24, 2.45) is 15.0 Å². The Hall–Kier alpha value is -6.33. The molecule has 5 heteroatoms. The van der Waals surface area contributed by atoms with Gasteiger partial charge < -0.3 is 0 Å². The Bertz CT molecular complexity index is 2330. The number of amidine groups is 2. The van der Waals surface area contributed by atoms with Crippen LogP contribution in [0.2, 0.25) is 0 Å². The van der Waals surface area contributed by atoms with Crippen LogP contribution in [0.4, 0.5) is 0 Å². The Balaban J connectivity index is 0.00000285. The molecule has 0 aliphatic carbocycles. The predicted octanol–water partition coefficient (Wildman–Crippen LogP) is 12.9. The smallest absolute Gasteiger partial charge is 0.161 e. The van der Waals surface area contributed by atoms with Gasteiger partial charge in [-0.3, -0.25) is 9.98 Å². The van der Waals surface area contributed by atoms with Gasteiger partial charge in [0.05, 0.1) is 29.5 Å². The molecule has 6 aromatic rings. The molecule has 6 rings (SSSR count). The van der Waals surface area contributed by atoms with Crippen molar-refractivity contribution in [1.82, 2.24) is 9.97 Å². The van der Waals surface area contributed by atoms with Gasteiger partial charge in [0, 0.05) is 16.7 Å². The Morgan fingerprint density at radius 1 is 0.727 bits per heavy atom. The molecular weight excluding hydrogens is 671 g/mol. The third-order valence-electron chi connectivity index (χ3n) is 9.37. The SMILES string of the molecule is C=Cc1cc(C(=C)CCC/C(=C\C)c2cc(CN=C(N=C(N=C)c3ccccc3)c3ccccc3)cc(-c3cnc4ccccc4n3)c2)ccc1CC.CC. The summed E-state index contributed by atoms with van der Waals surface area (Å²) in [7, 11) is 0. The highest BCUT2D eigenvalue weighted by atomic mass is 15.0. The first-order valence-corrected chi connectivity index (χ1v) is 19.2. The zero-order valence-electron chi connectivity index (χ0n) is 32.7. The lowest BCUT2D eigenvalue weighted by Gasteiger charge is -2.14. The van der Waals surface area contributed by atoms with E-state index in [4.69, 9.17) is 20.0 Å². The number of fused-ring (bicyclic) bond motifs is 1. The average molecular weight is 722 g/mol. The average Bonchev–Trinajstić information content (AvgIpc) is 3.26. The Morgan fingerprint density at radius 2 is 1.40 bits per heavy atom. The second-order valence-electron chi connectivity index (χ2n) is 12.9. The van der Waals surface area contributed by atoms with Gasteiger partial charge in [0.1, 0.15) is 0 Å². The molecule has 55 heavy (non-hydrogen) atoms. The van der Waals surface area contributed by atoms with Crippen LogP contribution in [0.25, 0.3) is 39.5 Å². The van der Waals surface area contributed by atoms with Crippen LogP contribution in [0.15, 0.2) is 162 Å². The molecule has 0 fully saturated rings. The van der Waals surface area contributed by atoms with Crippen molar-refractivity contribution in [2.45, 2.75) is 59.9 Å². The fourth-order valence-corrected chi connectivity index (χ4v) is 6.45. The van der Waals surface area contributed by atoms with E-state index < -0.39 is 0 Å². The molecule has 1 aromatic heterocycles. The number of para-hydroxylation sites is 2. The van der Waals surface area contributed by atoms with E-state index in [-0.39, 0.29) is 0 Å². The summed E-state index contributed by atoms with van der Waals surface area (Å²) in [6.07, 6.45) is 9.76. The zero-order chi connectivity index (χ0) is 39.0. The highest BCUT2D eigenvalue weighted by molar-refractivity contribution is 6.12. The minimum absolute atomic E-state index is 0.405. The highest BCUT2D eigenvalue weighted by Gasteiger charge is 2.12. The summed E-state index contributed by atoms with van der Waals surface area (Å²) in [6.45, 7) is 21.0. The Kier molecular flexibility index (Phi) is 14.7. The van der Waals surface area contributed by atoms with Gasteiger partial charge in [-0.1, -0.05) is 131 Å². The molecular formula is C50H51N5. The van der Waals surface area contributed by atoms with Crippen molar-refractivity contribution in [2.75, 3.05) is 0 Å². The van der Waals surface area contributed by atoms with Crippen LogP contribution < -0.4 is 0 Å². The van der Waals surface area contributed by atoms with E-state index in [1.807, 2.05) is 111 Å². The molecule has 0 saturated carbocycles. The lowest BCUT2D eigenvalue weighted by atomic mass is 9.92. The number of hydrogen-bond donors (Lipinski definition) is 0. The molecule has 0 aliphatic rings. The van der Waals surface area contributed by atoms with Crippen molar-refractivity contribution in [3.63, 3.8) is 0 Å². The van der Waals surface area contributed by atoms with Gasteiger partial charge in [-0.25, -0.2) is 15.0 Å². The number of hydrogen-bond acceptors (Lipinski definition) is 3. The van der Waals surface area contributed by atoms with Crippen molar-refractivity contribution in [3.05, 3.63) is 186 Å². The van der Waals surface area contributed by atoms with Gasteiger partial charge >= 0.3 is 0 Å². The van der Waals surface area contributed by atoms with Crippen LogP contribution in [-0.4, -0.2) is 28.4 Å². The molecule has 5 nitrogen and oxygen atoms in total. The monoisotopic (exact) mass is 721 g/mol. The summed E-state index contributed by atoms with van der Waals surface area (Å²) in [6, 6.07) is 41.1. The summed E-state index contributed by atoms with van der Waals surface area (Å²) in [5.74, 6) is 1.11. The van der Waals surface area contributed by atoms with Gasteiger partial charge in [0.25, 0.3) is 0 Å². The van der Waals surface area contributed by atoms with Crippen molar-refractivity contribution in [1.29, 1.82) is 0 Å². The van der Waals surface area contributed by atoms with E-state index >= 15 is 0 Å². The normalized spacial score (nSPS) is 11.8. The minimum Gasteiger partial charge on any atom is -0.261 e. The molecule has 0 amide bonds. The second-order valence-corrected chi connectivity index (χ2v) is 12.9. The first kappa shape index (κ1) is 39.9. The van der Waals surface area contributed by atoms with E-state index in [2.05, 4.69) is 81.2 Å².